The number of hydrogen-bond donors (Lipinski definition) is 2. The van der Waals surface area contributed by atoms with E-state index in [4.69, 9.17) is 4.98 Å². The number of nitrogens with one attached hydrogen (secondary N) is 2. The van der Waals surface area contributed by atoms with Crippen molar-refractivity contribution in [3.05, 3.63) is 53.1 Å². The van der Waals surface area contributed by atoms with Crippen molar-refractivity contribution in [1.29, 1.82) is 0 Å². The van der Waals surface area contributed by atoms with Crippen molar-refractivity contribution in [2.75, 3.05) is 18.0 Å². The van der Waals surface area contributed by atoms with Crippen molar-refractivity contribution >= 4 is 22.9 Å². The molecule has 3 heterocycles. The van der Waals surface area contributed by atoms with E-state index in [-0.39, 0.29) is 11.8 Å². The van der Waals surface area contributed by atoms with Crippen LogP contribution in [0.3, 0.4) is 0 Å². The fourth-order valence-corrected chi connectivity index (χ4v) is 5.73. The van der Waals surface area contributed by atoms with Crippen LogP contribution in [-0.2, 0) is 11.3 Å². The number of imidazole rings is 1. The van der Waals surface area contributed by atoms with Crippen LogP contribution in [0.25, 0.3) is 22.4 Å². The molecular formula is C28H34N8O. The highest BCUT2D eigenvalue weighted by atomic mass is 16.2. The first kappa shape index (κ1) is 23.6. The summed E-state index contributed by atoms with van der Waals surface area (Å²) >= 11 is 0. The van der Waals surface area contributed by atoms with Crippen LogP contribution in [0.15, 0.2) is 36.4 Å². The van der Waals surface area contributed by atoms with Crippen LogP contribution in [0.1, 0.15) is 55.2 Å². The third-order valence-electron chi connectivity index (χ3n) is 8.11. The smallest absolute Gasteiger partial charge is 0.223 e. The maximum absolute atomic E-state index is 12.9. The third kappa shape index (κ3) is 4.82. The Kier molecular flexibility index (Phi) is 6.36. The number of rotatable bonds is 6. The maximum atomic E-state index is 12.9. The second-order valence-corrected chi connectivity index (χ2v) is 10.6. The highest BCUT2D eigenvalue weighted by Crippen LogP contribution is 2.30. The van der Waals surface area contributed by atoms with E-state index in [1.54, 1.807) is 0 Å². The summed E-state index contributed by atoms with van der Waals surface area (Å²) in [5.74, 6) is 1.98. The lowest BCUT2D eigenvalue weighted by atomic mass is 9.95. The molecule has 4 aromatic rings. The van der Waals surface area contributed by atoms with E-state index in [9.17, 15) is 4.79 Å². The third-order valence-corrected chi connectivity index (χ3v) is 8.11. The largest absolute Gasteiger partial charge is 0.353 e. The molecule has 1 amide bonds. The van der Waals surface area contributed by atoms with Gasteiger partial charge in [0, 0.05) is 30.6 Å². The van der Waals surface area contributed by atoms with Gasteiger partial charge in [-0.25, -0.2) is 10.1 Å². The van der Waals surface area contributed by atoms with E-state index in [0.29, 0.717) is 18.4 Å². The molecule has 2 N–H and O–H groups in total. The Morgan fingerprint density at radius 1 is 1.03 bits per heavy atom. The van der Waals surface area contributed by atoms with Gasteiger partial charge < -0.3 is 14.8 Å². The van der Waals surface area contributed by atoms with Gasteiger partial charge in [0.2, 0.25) is 11.9 Å². The number of aromatic amines is 1. The van der Waals surface area contributed by atoms with Gasteiger partial charge in [-0.1, -0.05) is 37.1 Å². The van der Waals surface area contributed by atoms with Gasteiger partial charge in [0.05, 0.1) is 17.6 Å². The number of amides is 1. The Morgan fingerprint density at radius 2 is 1.76 bits per heavy atom. The Balaban J connectivity index is 1.24. The lowest BCUT2D eigenvalue weighted by molar-refractivity contribution is -0.126. The summed E-state index contributed by atoms with van der Waals surface area (Å²) in [5.41, 5.74) is 6.80. The molecule has 0 bridgehead atoms. The van der Waals surface area contributed by atoms with Crippen LogP contribution in [0.4, 0.5) is 5.95 Å². The minimum Gasteiger partial charge on any atom is -0.353 e. The van der Waals surface area contributed by atoms with Crippen molar-refractivity contribution in [3.63, 3.8) is 0 Å². The van der Waals surface area contributed by atoms with Crippen LogP contribution in [-0.4, -0.2) is 55.2 Å². The van der Waals surface area contributed by atoms with Gasteiger partial charge in [-0.05, 0) is 78.8 Å². The molecule has 0 unspecified atom stereocenters. The molecule has 1 saturated heterocycles. The van der Waals surface area contributed by atoms with Crippen LogP contribution in [0.2, 0.25) is 0 Å². The first-order valence-corrected chi connectivity index (χ1v) is 13.4. The average molecular weight is 499 g/mol. The molecule has 9 heteroatoms. The summed E-state index contributed by atoms with van der Waals surface area (Å²) in [6, 6.07) is 13.1. The van der Waals surface area contributed by atoms with Gasteiger partial charge in [0.15, 0.2) is 5.82 Å². The zero-order chi connectivity index (χ0) is 25.4. The molecule has 0 radical (unpaired) electrons. The van der Waals surface area contributed by atoms with Crippen molar-refractivity contribution in [2.24, 2.45) is 5.92 Å². The SMILES string of the molecule is Cc1cc2nc(N3CCC(C(=O)NC4CCCC4)CC3)n(Cc3ccc(-c4nnn[nH]4)cc3)c2cc1C. The lowest BCUT2D eigenvalue weighted by Gasteiger charge is -2.33. The van der Waals surface area contributed by atoms with E-state index in [2.05, 4.69) is 73.5 Å². The Labute approximate surface area is 216 Å². The van der Waals surface area contributed by atoms with E-state index < -0.39 is 0 Å². The van der Waals surface area contributed by atoms with Gasteiger partial charge in [0.1, 0.15) is 0 Å². The second-order valence-electron chi connectivity index (χ2n) is 10.6. The van der Waals surface area contributed by atoms with Crippen molar-refractivity contribution in [3.8, 4) is 11.4 Å². The number of H-pyrrole nitrogens is 1. The van der Waals surface area contributed by atoms with Crippen LogP contribution < -0.4 is 10.2 Å². The number of anilines is 1. The highest BCUT2D eigenvalue weighted by molar-refractivity contribution is 5.81. The molecule has 1 saturated carbocycles. The fourth-order valence-electron chi connectivity index (χ4n) is 5.73. The van der Waals surface area contributed by atoms with Crippen molar-refractivity contribution in [1.82, 2.24) is 35.5 Å². The monoisotopic (exact) mass is 498 g/mol. The fraction of sp³-hybridized carbons (Fsp3) is 0.464. The molecule has 0 spiro atoms. The zero-order valence-corrected chi connectivity index (χ0v) is 21.6. The predicted molar refractivity (Wildman–Crippen MR) is 143 cm³/mol. The summed E-state index contributed by atoms with van der Waals surface area (Å²) < 4.78 is 2.33. The molecule has 2 aromatic heterocycles. The number of hydrogen-bond acceptors (Lipinski definition) is 6. The molecule has 2 aliphatic rings. The number of piperidine rings is 1. The molecular weight excluding hydrogens is 464 g/mol. The summed E-state index contributed by atoms with van der Waals surface area (Å²) in [5, 5.41) is 17.5. The van der Waals surface area contributed by atoms with Crippen LogP contribution >= 0.6 is 0 Å². The Hall–Kier alpha value is -3.75. The zero-order valence-electron chi connectivity index (χ0n) is 21.6. The number of carbonyl (C=O) groups is 1. The number of tetrazole rings is 1. The second kappa shape index (κ2) is 9.95. The van der Waals surface area contributed by atoms with Gasteiger partial charge >= 0.3 is 0 Å². The predicted octanol–water partition coefficient (Wildman–Crippen LogP) is 4.16. The number of aromatic nitrogens is 6. The topological polar surface area (TPSA) is 105 Å². The number of benzene rings is 2. The minimum absolute atomic E-state index is 0.0947. The molecule has 1 aliphatic heterocycles. The first-order chi connectivity index (χ1) is 18.0. The van der Waals surface area contributed by atoms with Crippen molar-refractivity contribution < 1.29 is 4.79 Å². The van der Waals surface area contributed by atoms with Gasteiger partial charge in [-0.2, -0.15) is 0 Å². The lowest BCUT2D eigenvalue weighted by Crippen LogP contribution is -2.43. The van der Waals surface area contributed by atoms with Gasteiger partial charge in [0.25, 0.3) is 0 Å². The first-order valence-electron chi connectivity index (χ1n) is 13.4. The molecule has 2 aromatic carbocycles. The summed E-state index contributed by atoms with van der Waals surface area (Å²) in [7, 11) is 0. The molecule has 9 nitrogen and oxygen atoms in total. The van der Waals surface area contributed by atoms with Crippen molar-refractivity contribution in [2.45, 2.75) is 65.0 Å². The quantitative estimate of drug-likeness (QED) is 0.414. The van der Waals surface area contributed by atoms with Gasteiger partial charge in [-0.15, -0.1) is 5.10 Å². The Bertz CT molecular complexity index is 1380. The standard InChI is InChI=1S/C28H34N8O/c1-18-15-24-25(16-19(18)2)36(17-20-7-9-21(10-8-20)26-31-33-34-32-26)28(30-24)35-13-11-22(12-14-35)27(37)29-23-5-3-4-6-23/h7-10,15-16,22-23H,3-6,11-14,17H2,1-2H3,(H,29,37)(H,31,32,33,34). The molecule has 2 fully saturated rings. The number of aryl methyl sites for hydroxylation is 2. The Morgan fingerprint density at radius 3 is 2.46 bits per heavy atom. The normalized spacial score (nSPS) is 17.1. The van der Waals surface area contributed by atoms with E-state index in [0.717, 1.165) is 61.3 Å². The number of nitrogens with zero attached hydrogens (tertiary/aromatic N) is 6. The summed E-state index contributed by atoms with van der Waals surface area (Å²) in [6.07, 6.45) is 6.45. The van der Waals surface area contributed by atoms with E-state index in [1.165, 1.54) is 29.5 Å². The average Bonchev–Trinajstić information content (AvgIpc) is 3.68. The molecule has 192 valence electrons. The molecule has 0 atom stereocenters. The minimum atomic E-state index is 0.0947. The molecule has 37 heavy (non-hydrogen) atoms. The number of carbonyl (C=O) groups excluding carboxylic acids is 1. The van der Waals surface area contributed by atoms with Crippen LogP contribution in [0, 0.1) is 19.8 Å². The van der Waals surface area contributed by atoms with E-state index in [1.807, 2.05) is 12.1 Å². The summed E-state index contributed by atoms with van der Waals surface area (Å²) in [4.78, 5) is 20.3. The maximum Gasteiger partial charge on any atom is 0.223 e. The van der Waals surface area contributed by atoms with E-state index >= 15 is 0 Å². The number of fused-ring (bicyclic) bond motifs is 1. The molecule has 1 aliphatic carbocycles. The summed E-state index contributed by atoms with van der Waals surface area (Å²) in [6.45, 7) is 6.67. The van der Waals surface area contributed by atoms with Crippen LogP contribution in [0.5, 0.6) is 0 Å². The molecule has 6 rings (SSSR count). The highest BCUT2D eigenvalue weighted by Gasteiger charge is 2.29. The van der Waals surface area contributed by atoms with Gasteiger partial charge in [-0.3, -0.25) is 4.79 Å².